The summed E-state index contributed by atoms with van der Waals surface area (Å²) in [6.07, 6.45) is 4.73. The molecule has 2 nitrogen and oxygen atoms in total. The number of fused-ring (bicyclic) bond motifs is 8. The third-order valence-electron chi connectivity index (χ3n) is 17.9. The van der Waals surface area contributed by atoms with Gasteiger partial charge >= 0.3 is 0 Å². The maximum Gasteiger partial charge on any atom is 0.264 e. The highest BCUT2D eigenvalue weighted by Gasteiger charge is 2.49. The molecule has 0 N–H and O–H groups in total. The maximum atomic E-state index is 2.72. The Morgan fingerprint density at radius 3 is 1.46 bits per heavy atom. The lowest BCUT2D eigenvalue weighted by molar-refractivity contribution is 0.332. The summed E-state index contributed by atoms with van der Waals surface area (Å²) < 4.78 is 2.87. The van der Waals surface area contributed by atoms with Crippen LogP contribution in [0, 0.1) is 6.92 Å². The second-order valence-electron chi connectivity index (χ2n) is 28.1. The molecule has 71 heavy (non-hydrogen) atoms. The third kappa shape index (κ3) is 7.60. The zero-order chi connectivity index (χ0) is 50.9. The first kappa shape index (κ1) is 48.2. The van der Waals surface area contributed by atoms with Gasteiger partial charge in [-0.05, 0) is 186 Å². The molecule has 3 heterocycles. The summed E-state index contributed by atoms with van der Waals surface area (Å²) in [7, 11) is 0. The van der Waals surface area contributed by atoms with Crippen molar-refractivity contribution in [1.29, 1.82) is 0 Å². The lowest BCUT2D eigenvalue weighted by Crippen LogP contribution is -2.61. The van der Waals surface area contributed by atoms with Crippen LogP contribution in [0.1, 0.15) is 188 Å². The van der Waals surface area contributed by atoms with Gasteiger partial charge in [0.25, 0.3) is 6.71 Å². The van der Waals surface area contributed by atoms with Crippen LogP contribution in [0.3, 0.4) is 0 Å². The van der Waals surface area contributed by atoms with Crippen molar-refractivity contribution in [1.82, 2.24) is 0 Å². The molecule has 4 aliphatic rings. The predicted octanol–water partition coefficient (Wildman–Crippen LogP) is 17.5. The minimum atomic E-state index is -0.0228. The highest BCUT2D eigenvalue weighted by atomic mass is 32.1. The molecule has 0 spiro atoms. The van der Waals surface area contributed by atoms with Crippen molar-refractivity contribution in [2.45, 2.75) is 188 Å². The highest BCUT2D eigenvalue weighted by molar-refractivity contribution is 7.33. The van der Waals surface area contributed by atoms with Crippen molar-refractivity contribution in [2.24, 2.45) is 0 Å². The molecule has 6 aromatic carbocycles. The average Bonchev–Trinajstić information content (AvgIpc) is 3.66. The Bertz CT molecular complexity index is 3320. The van der Waals surface area contributed by atoms with Gasteiger partial charge < -0.3 is 9.80 Å². The summed E-state index contributed by atoms with van der Waals surface area (Å²) in [5.41, 5.74) is 24.9. The Morgan fingerprint density at radius 2 is 0.930 bits per heavy atom. The molecule has 0 saturated heterocycles. The van der Waals surface area contributed by atoms with E-state index in [-0.39, 0.29) is 44.6 Å². The summed E-state index contributed by atoms with van der Waals surface area (Å²) in [5, 5.41) is 1.39. The first-order chi connectivity index (χ1) is 33.0. The van der Waals surface area contributed by atoms with Crippen LogP contribution in [0.25, 0.3) is 21.2 Å². The molecule has 0 unspecified atom stereocenters. The van der Waals surface area contributed by atoms with Gasteiger partial charge in [0.05, 0.1) is 11.4 Å². The van der Waals surface area contributed by atoms with Gasteiger partial charge in [0, 0.05) is 43.2 Å². The monoisotopic (exact) mass is 955 g/mol. The summed E-state index contributed by atoms with van der Waals surface area (Å²) in [6, 6.07) is 42.2. The number of rotatable bonds is 3. The number of benzene rings is 6. The molecule has 0 fully saturated rings. The molecule has 2 aliphatic heterocycles. The summed E-state index contributed by atoms with van der Waals surface area (Å²) in [4.78, 5) is 5.41. The molecule has 4 heteroatoms. The zero-order valence-corrected chi connectivity index (χ0v) is 47.3. The van der Waals surface area contributed by atoms with Crippen LogP contribution < -0.4 is 25.5 Å². The largest absolute Gasteiger partial charge is 0.311 e. The molecule has 11 rings (SSSR count). The van der Waals surface area contributed by atoms with E-state index in [4.69, 9.17) is 0 Å². The lowest BCUT2D eigenvalue weighted by atomic mass is 9.35. The number of thiophene rings is 1. The average molecular weight is 955 g/mol. The Balaban J connectivity index is 1.28. The fourth-order valence-electron chi connectivity index (χ4n) is 13.0. The van der Waals surface area contributed by atoms with Gasteiger partial charge in [0.2, 0.25) is 0 Å². The van der Waals surface area contributed by atoms with Gasteiger partial charge in [-0.1, -0.05) is 166 Å². The second-order valence-corrected chi connectivity index (χ2v) is 29.2. The Morgan fingerprint density at radius 1 is 0.465 bits per heavy atom. The molecule has 0 radical (unpaired) electrons. The van der Waals surface area contributed by atoms with Gasteiger partial charge in [-0.25, -0.2) is 0 Å². The normalized spacial score (nSPS) is 18.4. The van der Waals surface area contributed by atoms with Crippen LogP contribution in [0.15, 0.2) is 103 Å². The molecule has 7 aromatic rings. The standard InChI is InChI=1S/C67H79BN2S/c1-40-33-55-58-56(34-40)70(53-28-25-44(63(8,9)10)35-46(53)41-19-21-42(22-20-41)61(2,3)4)54-38-50-49(65(13,14)30-31-66(50,15)16)37-52(54)68(58)60-59(69(55)45-26-23-43(24-27-45)62(5,6)7)47-36-48-51(39-57(47)71-60)67(17,18)32-29-64(48,11)12/h19-28,33-39H,29-32H2,1-18H3. The number of anilines is 6. The van der Waals surface area contributed by atoms with Gasteiger partial charge in [0.1, 0.15) is 0 Å². The zero-order valence-electron chi connectivity index (χ0n) is 46.5. The van der Waals surface area contributed by atoms with E-state index in [2.05, 4.69) is 249 Å². The lowest BCUT2D eigenvalue weighted by Gasteiger charge is -2.47. The quantitative estimate of drug-likeness (QED) is 0.163. The summed E-state index contributed by atoms with van der Waals surface area (Å²) in [5.74, 6) is 0. The summed E-state index contributed by atoms with van der Waals surface area (Å²) >= 11 is 2.07. The highest BCUT2D eigenvalue weighted by Crippen LogP contribution is 2.55. The van der Waals surface area contributed by atoms with E-state index >= 15 is 0 Å². The first-order valence-corrected chi connectivity index (χ1v) is 27.7. The molecule has 1 aromatic heterocycles. The molecule has 2 aliphatic carbocycles. The summed E-state index contributed by atoms with van der Waals surface area (Å²) in [6.45, 7) is 43.3. The van der Waals surface area contributed by atoms with Crippen LogP contribution in [-0.4, -0.2) is 6.71 Å². The second kappa shape index (κ2) is 15.5. The van der Waals surface area contributed by atoms with Crippen LogP contribution in [0.2, 0.25) is 0 Å². The SMILES string of the molecule is Cc1cc2c3c(c1)N(c1ccc(C(C)(C)C)cc1)c1c(sc4cc5c(cc14)C(C)(C)CCC5(C)C)B3c1cc3c(cc1N2c1ccc(C(C)(C)C)cc1-c1ccc(C(C)(C)C)cc1)C(C)(C)CCC3(C)C. The Hall–Kier alpha value is -5.06. The predicted molar refractivity (Wildman–Crippen MR) is 313 cm³/mol. The number of aryl methyl sites for hydroxylation is 1. The van der Waals surface area contributed by atoms with Crippen LogP contribution in [0.4, 0.5) is 34.1 Å². The minimum Gasteiger partial charge on any atom is -0.311 e. The van der Waals surface area contributed by atoms with Crippen molar-refractivity contribution in [3.05, 3.63) is 148 Å². The topological polar surface area (TPSA) is 6.48 Å². The maximum absolute atomic E-state index is 2.72. The van der Waals surface area contributed by atoms with E-state index in [1.54, 1.807) is 0 Å². The Labute approximate surface area is 432 Å². The van der Waals surface area contributed by atoms with Crippen LogP contribution >= 0.6 is 11.3 Å². The molecule has 0 amide bonds. The molecular weight excluding hydrogens is 876 g/mol. The van der Waals surface area contributed by atoms with Crippen molar-refractivity contribution >= 4 is 78.0 Å². The molecule has 0 saturated carbocycles. The Kier molecular flexibility index (Phi) is 10.5. The van der Waals surface area contributed by atoms with Gasteiger partial charge in [-0.15, -0.1) is 11.3 Å². The third-order valence-corrected chi connectivity index (χ3v) is 19.1. The van der Waals surface area contributed by atoms with Crippen molar-refractivity contribution in [3.8, 4) is 11.1 Å². The van der Waals surface area contributed by atoms with E-state index in [0.29, 0.717) is 0 Å². The van der Waals surface area contributed by atoms with Gasteiger partial charge in [0.15, 0.2) is 0 Å². The van der Waals surface area contributed by atoms with Gasteiger partial charge in [-0.3, -0.25) is 0 Å². The van der Waals surface area contributed by atoms with Crippen molar-refractivity contribution in [2.75, 3.05) is 9.80 Å². The van der Waals surface area contributed by atoms with E-state index in [1.807, 2.05) is 0 Å². The van der Waals surface area contributed by atoms with E-state index in [1.165, 1.54) is 141 Å². The molecule has 0 atom stereocenters. The van der Waals surface area contributed by atoms with Crippen molar-refractivity contribution in [3.63, 3.8) is 0 Å². The molecule has 0 bridgehead atoms. The smallest absolute Gasteiger partial charge is 0.264 e. The molecular formula is C67H79BN2S. The van der Waals surface area contributed by atoms with Gasteiger partial charge in [-0.2, -0.15) is 0 Å². The number of nitrogens with zero attached hydrogens (tertiary/aromatic N) is 2. The first-order valence-electron chi connectivity index (χ1n) is 26.9. The van der Waals surface area contributed by atoms with Crippen molar-refractivity contribution < 1.29 is 0 Å². The fraction of sp³-hybridized carbons (Fsp3) is 0.433. The van der Waals surface area contributed by atoms with E-state index in [0.717, 1.165) is 0 Å². The van der Waals surface area contributed by atoms with E-state index < -0.39 is 0 Å². The fourth-order valence-corrected chi connectivity index (χ4v) is 14.3. The number of hydrogen-bond acceptors (Lipinski definition) is 3. The van der Waals surface area contributed by atoms with E-state index in [9.17, 15) is 0 Å². The number of hydrogen-bond donors (Lipinski definition) is 0. The molecule has 366 valence electrons. The minimum absolute atomic E-state index is 0.0228. The van der Waals surface area contributed by atoms with Crippen LogP contribution in [-0.2, 0) is 37.9 Å². The van der Waals surface area contributed by atoms with Crippen LogP contribution in [0.5, 0.6) is 0 Å².